The molecule has 0 radical (unpaired) electrons. The number of aromatic nitrogens is 1. The molecule has 1 saturated heterocycles. The van der Waals surface area contributed by atoms with Gasteiger partial charge in [-0.15, -0.1) is 0 Å². The Morgan fingerprint density at radius 3 is 3.06 bits per heavy atom. The van der Waals surface area contributed by atoms with E-state index in [2.05, 4.69) is 22.9 Å². The monoisotopic (exact) mass is 233 g/mol. The van der Waals surface area contributed by atoms with E-state index >= 15 is 0 Å². The van der Waals surface area contributed by atoms with Crippen LogP contribution in [0.5, 0.6) is 0 Å². The van der Waals surface area contributed by atoms with Gasteiger partial charge in [-0.1, -0.05) is 19.4 Å². The predicted molar refractivity (Wildman–Crippen MR) is 72.0 cm³/mol. The zero-order valence-corrected chi connectivity index (χ0v) is 10.7. The van der Waals surface area contributed by atoms with Crippen LogP contribution in [0.2, 0.25) is 0 Å². The van der Waals surface area contributed by atoms with Crippen molar-refractivity contribution in [2.45, 2.75) is 39.2 Å². The van der Waals surface area contributed by atoms with Crippen molar-refractivity contribution < 1.29 is 0 Å². The van der Waals surface area contributed by atoms with Crippen LogP contribution in [0.1, 0.15) is 38.2 Å². The van der Waals surface area contributed by atoms with Gasteiger partial charge in [0.25, 0.3) is 0 Å². The zero-order chi connectivity index (χ0) is 12.1. The van der Waals surface area contributed by atoms with Crippen LogP contribution < -0.4 is 10.6 Å². The van der Waals surface area contributed by atoms with E-state index in [9.17, 15) is 0 Å². The number of nitrogens with zero attached hydrogens (tertiary/aromatic N) is 2. The highest BCUT2D eigenvalue weighted by atomic mass is 15.2. The van der Waals surface area contributed by atoms with E-state index < -0.39 is 0 Å². The standard InChI is InChI=1S/C14H23N3/c1-2-12-5-4-9-17(10-7-12)14-13(11-15)6-3-8-16-14/h3,6,8,12H,2,4-5,7,9-11,15H2,1H3. The highest BCUT2D eigenvalue weighted by Crippen LogP contribution is 2.25. The lowest BCUT2D eigenvalue weighted by Gasteiger charge is -2.23. The van der Waals surface area contributed by atoms with Crippen molar-refractivity contribution in [3.05, 3.63) is 23.9 Å². The Bertz CT molecular complexity index is 351. The molecule has 1 aliphatic heterocycles. The summed E-state index contributed by atoms with van der Waals surface area (Å²) in [6, 6.07) is 4.06. The molecule has 1 unspecified atom stereocenters. The molecule has 3 nitrogen and oxygen atoms in total. The van der Waals surface area contributed by atoms with Crippen molar-refractivity contribution >= 4 is 5.82 Å². The maximum Gasteiger partial charge on any atom is 0.132 e. The first-order valence-electron chi connectivity index (χ1n) is 6.74. The SMILES string of the molecule is CCC1CCCN(c2ncccc2CN)CC1. The summed E-state index contributed by atoms with van der Waals surface area (Å²) in [4.78, 5) is 6.93. The van der Waals surface area contributed by atoms with Gasteiger partial charge in [0.05, 0.1) is 0 Å². The number of rotatable bonds is 3. The second-order valence-electron chi connectivity index (χ2n) is 4.88. The van der Waals surface area contributed by atoms with Crippen LogP contribution >= 0.6 is 0 Å². The van der Waals surface area contributed by atoms with Crippen LogP contribution in [-0.2, 0) is 6.54 Å². The molecule has 3 heteroatoms. The first-order chi connectivity index (χ1) is 8.35. The van der Waals surface area contributed by atoms with Crippen LogP contribution in [0.15, 0.2) is 18.3 Å². The summed E-state index contributed by atoms with van der Waals surface area (Å²) in [5.41, 5.74) is 6.95. The van der Waals surface area contributed by atoms with Crippen molar-refractivity contribution in [2.75, 3.05) is 18.0 Å². The lowest BCUT2D eigenvalue weighted by atomic mass is 9.98. The fourth-order valence-corrected chi connectivity index (χ4v) is 2.66. The van der Waals surface area contributed by atoms with Gasteiger partial charge in [0.15, 0.2) is 0 Å². The highest BCUT2D eigenvalue weighted by molar-refractivity contribution is 5.46. The molecule has 1 aromatic heterocycles. The molecule has 2 rings (SSSR count). The summed E-state index contributed by atoms with van der Waals surface area (Å²) in [6.07, 6.45) is 7.10. The highest BCUT2D eigenvalue weighted by Gasteiger charge is 2.18. The molecule has 1 aromatic rings. The molecule has 1 fully saturated rings. The van der Waals surface area contributed by atoms with E-state index in [1.54, 1.807) is 0 Å². The third kappa shape index (κ3) is 2.97. The van der Waals surface area contributed by atoms with E-state index in [1.807, 2.05) is 12.3 Å². The maximum atomic E-state index is 5.78. The van der Waals surface area contributed by atoms with E-state index in [-0.39, 0.29) is 0 Å². The first-order valence-corrected chi connectivity index (χ1v) is 6.74. The lowest BCUT2D eigenvalue weighted by Crippen LogP contribution is -2.26. The second kappa shape index (κ2) is 6.01. The number of nitrogens with two attached hydrogens (primary N) is 1. The van der Waals surface area contributed by atoms with Gasteiger partial charge in [-0.2, -0.15) is 0 Å². The largest absolute Gasteiger partial charge is 0.356 e. The second-order valence-corrected chi connectivity index (χ2v) is 4.88. The minimum atomic E-state index is 0.580. The Hall–Kier alpha value is -1.09. The molecule has 2 heterocycles. The molecule has 17 heavy (non-hydrogen) atoms. The van der Waals surface area contributed by atoms with Crippen molar-refractivity contribution in [3.8, 4) is 0 Å². The van der Waals surface area contributed by atoms with Gasteiger partial charge in [0.2, 0.25) is 0 Å². The van der Waals surface area contributed by atoms with Crippen LogP contribution in [-0.4, -0.2) is 18.1 Å². The molecule has 0 saturated carbocycles. The van der Waals surface area contributed by atoms with Crippen LogP contribution in [0.25, 0.3) is 0 Å². The molecule has 0 aliphatic carbocycles. The summed E-state index contributed by atoms with van der Waals surface area (Å²) in [5, 5.41) is 0. The van der Waals surface area contributed by atoms with Crippen molar-refractivity contribution in [1.82, 2.24) is 4.98 Å². The number of pyridine rings is 1. The summed E-state index contributed by atoms with van der Waals surface area (Å²) in [5.74, 6) is 2.00. The maximum absolute atomic E-state index is 5.78. The van der Waals surface area contributed by atoms with E-state index in [0.717, 1.165) is 24.8 Å². The summed E-state index contributed by atoms with van der Waals surface area (Å²) < 4.78 is 0. The molecular formula is C14H23N3. The first kappa shape index (κ1) is 12.4. The lowest BCUT2D eigenvalue weighted by molar-refractivity contribution is 0.459. The Morgan fingerprint density at radius 1 is 1.41 bits per heavy atom. The number of hydrogen-bond donors (Lipinski definition) is 1. The molecule has 0 amide bonds. The minimum absolute atomic E-state index is 0.580. The van der Waals surface area contributed by atoms with Gasteiger partial charge >= 0.3 is 0 Å². The minimum Gasteiger partial charge on any atom is -0.356 e. The fraction of sp³-hybridized carbons (Fsp3) is 0.643. The van der Waals surface area contributed by atoms with Crippen molar-refractivity contribution in [2.24, 2.45) is 11.7 Å². The topological polar surface area (TPSA) is 42.2 Å². The molecule has 0 bridgehead atoms. The van der Waals surface area contributed by atoms with Gasteiger partial charge < -0.3 is 10.6 Å². The summed E-state index contributed by atoms with van der Waals surface area (Å²) >= 11 is 0. The smallest absolute Gasteiger partial charge is 0.132 e. The Kier molecular flexibility index (Phi) is 4.37. The molecule has 94 valence electrons. The van der Waals surface area contributed by atoms with E-state index in [1.165, 1.54) is 31.2 Å². The van der Waals surface area contributed by atoms with Crippen LogP contribution in [0.4, 0.5) is 5.82 Å². The van der Waals surface area contributed by atoms with Crippen LogP contribution in [0, 0.1) is 5.92 Å². The van der Waals surface area contributed by atoms with Crippen molar-refractivity contribution in [3.63, 3.8) is 0 Å². The van der Waals surface area contributed by atoms with E-state index in [4.69, 9.17) is 5.73 Å². The average molecular weight is 233 g/mol. The Balaban J connectivity index is 2.11. The zero-order valence-electron chi connectivity index (χ0n) is 10.7. The molecule has 0 spiro atoms. The third-order valence-corrected chi connectivity index (χ3v) is 3.81. The molecular weight excluding hydrogens is 210 g/mol. The Morgan fingerprint density at radius 2 is 2.29 bits per heavy atom. The summed E-state index contributed by atoms with van der Waals surface area (Å²) in [7, 11) is 0. The third-order valence-electron chi connectivity index (χ3n) is 3.81. The summed E-state index contributed by atoms with van der Waals surface area (Å²) in [6.45, 7) is 5.13. The number of hydrogen-bond acceptors (Lipinski definition) is 3. The number of anilines is 1. The van der Waals surface area contributed by atoms with Crippen molar-refractivity contribution in [1.29, 1.82) is 0 Å². The van der Waals surface area contributed by atoms with Gasteiger partial charge in [0, 0.05) is 31.4 Å². The van der Waals surface area contributed by atoms with Gasteiger partial charge in [-0.05, 0) is 31.2 Å². The molecule has 1 aliphatic rings. The molecule has 2 N–H and O–H groups in total. The average Bonchev–Trinajstić information content (AvgIpc) is 2.63. The molecule has 0 aromatic carbocycles. The van der Waals surface area contributed by atoms with Crippen LogP contribution in [0.3, 0.4) is 0 Å². The quantitative estimate of drug-likeness (QED) is 0.872. The van der Waals surface area contributed by atoms with E-state index in [0.29, 0.717) is 6.54 Å². The van der Waals surface area contributed by atoms with Gasteiger partial charge in [0.1, 0.15) is 5.82 Å². The Labute approximate surface area is 104 Å². The molecule has 1 atom stereocenters. The fourth-order valence-electron chi connectivity index (χ4n) is 2.66. The van der Waals surface area contributed by atoms with Gasteiger partial charge in [-0.3, -0.25) is 0 Å². The predicted octanol–water partition coefficient (Wildman–Crippen LogP) is 2.56. The normalized spacial score (nSPS) is 21.3. The van der Waals surface area contributed by atoms with Gasteiger partial charge in [-0.25, -0.2) is 4.98 Å².